The molecule has 0 aromatic heterocycles. The molecular formula is C10H10ClNO. The highest BCUT2D eigenvalue weighted by molar-refractivity contribution is 6.32. The van der Waals surface area contributed by atoms with Gasteiger partial charge in [0.25, 0.3) is 0 Å². The highest BCUT2D eigenvalue weighted by Crippen LogP contribution is 2.27. The fraction of sp³-hybridized carbons (Fsp3) is 0.300. The summed E-state index contributed by atoms with van der Waals surface area (Å²) >= 11 is 5.87. The fourth-order valence-electron chi connectivity index (χ4n) is 0.948. The lowest BCUT2D eigenvalue weighted by Crippen LogP contribution is -1.97. The van der Waals surface area contributed by atoms with E-state index in [1.165, 1.54) is 0 Å². The predicted octanol–water partition coefficient (Wildman–Crippen LogP) is 3.00. The van der Waals surface area contributed by atoms with Gasteiger partial charge in [0.15, 0.2) is 5.75 Å². The van der Waals surface area contributed by atoms with E-state index in [4.69, 9.17) is 21.6 Å². The van der Waals surface area contributed by atoms with Crippen molar-refractivity contribution >= 4 is 11.6 Å². The monoisotopic (exact) mass is 195 g/mol. The van der Waals surface area contributed by atoms with Gasteiger partial charge in [-0.05, 0) is 18.6 Å². The molecule has 0 saturated carbocycles. The van der Waals surface area contributed by atoms with Gasteiger partial charge < -0.3 is 4.74 Å². The molecule has 0 amide bonds. The van der Waals surface area contributed by atoms with Crippen LogP contribution in [0.3, 0.4) is 0 Å². The minimum atomic E-state index is 0.487. The van der Waals surface area contributed by atoms with Gasteiger partial charge >= 0.3 is 0 Å². The van der Waals surface area contributed by atoms with Crippen LogP contribution in [0.15, 0.2) is 18.2 Å². The summed E-state index contributed by atoms with van der Waals surface area (Å²) in [5, 5.41) is 9.25. The summed E-state index contributed by atoms with van der Waals surface area (Å²) < 4.78 is 5.35. The van der Waals surface area contributed by atoms with Crippen LogP contribution >= 0.6 is 11.6 Å². The van der Waals surface area contributed by atoms with E-state index in [1.54, 1.807) is 18.2 Å². The largest absolute Gasteiger partial charge is 0.491 e. The summed E-state index contributed by atoms with van der Waals surface area (Å²) in [6.45, 7) is 2.58. The number of para-hydroxylation sites is 1. The van der Waals surface area contributed by atoms with Crippen LogP contribution in [0.2, 0.25) is 5.02 Å². The molecule has 1 aromatic rings. The molecule has 0 aliphatic carbocycles. The Balaban J connectivity index is 2.95. The quantitative estimate of drug-likeness (QED) is 0.743. The van der Waals surface area contributed by atoms with E-state index in [9.17, 15) is 0 Å². The standard InChI is InChI=1S/C10H10ClNO/c1-2-6-13-10-8(7-12)4-3-5-9(10)11/h3-5H,2,6H2,1H3. The minimum Gasteiger partial charge on any atom is -0.491 e. The number of ether oxygens (including phenoxy) is 1. The van der Waals surface area contributed by atoms with E-state index in [2.05, 4.69) is 0 Å². The van der Waals surface area contributed by atoms with Crippen LogP contribution in [0.25, 0.3) is 0 Å². The van der Waals surface area contributed by atoms with Gasteiger partial charge in [0, 0.05) is 0 Å². The first-order valence-corrected chi connectivity index (χ1v) is 4.48. The Labute approximate surface area is 82.7 Å². The molecule has 0 aliphatic rings. The maximum absolute atomic E-state index is 8.75. The molecule has 0 N–H and O–H groups in total. The fourth-order valence-corrected chi connectivity index (χ4v) is 1.18. The number of hydrogen-bond donors (Lipinski definition) is 0. The first kappa shape index (κ1) is 9.88. The third-order valence-electron chi connectivity index (χ3n) is 1.54. The van der Waals surface area contributed by atoms with E-state index >= 15 is 0 Å². The zero-order valence-electron chi connectivity index (χ0n) is 7.38. The van der Waals surface area contributed by atoms with E-state index in [0.717, 1.165) is 6.42 Å². The summed E-state index contributed by atoms with van der Waals surface area (Å²) in [6, 6.07) is 7.18. The molecule has 0 bridgehead atoms. The van der Waals surface area contributed by atoms with E-state index in [1.807, 2.05) is 13.0 Å². The Kier molecular flexibility index (Phi) is 3.60. The molecule has 0 radical (unpaired) electrons. The van der Waals surface area contributed by atoms with Crippen LogP contribution in [0.4, 0.5) is 0 Å². The maximum atomic E-state index is 8.75. The Morgan fingerprint density at radius 2 is 2.31 bits per heavy atom. The molecule has 0 unspecified atom stereocenters. The van der Waals surface area contributed by atoms with Gasteiger partial charge in [-0.25, -0.2) is 0 Å². The van der Waals surface area contributed by atoms with Crippen molar-refractivity contribution in [3.8, 4) is 11.8 Å². The topological polar surface area (TPSA) is 33.0 Å². The van der Waals surface area contributed by atoms with Gasteiger partial charge in [-0.3, -0.25) is 0 Å². The molecule has 0 fully saturated rings. The summed E-state index contributed by atoms with van der Waals surface area (Å²) in [5.74, 6) is 0.494. The second kappa shape index (κ2) is 4.74. The second-order valence-electron chi connectivity index (χ2n) is 2.58. The molecule has 0 heterocycles. The van der Waals surface area contributed by atoms with Crippen molar-refractivity contribution in [2.75, 3.05) is 6.61 Å². The van der Waals surface area contributed by atoms with Crippen molar-refractivity contribution < 1.29 is 4.74 Å². The van der Waals surface area contributed by atoms with Crippen molar-refractivity contribution in [3.63, 3.8) is 0 Å². The van der Waals surface area contributed by atoms with Gasteiger partial charge in [-0.15, -0.1) is 0 Å². The lowest BCUT2D eigenvalue weighted by Gasteiger charge is -2.07. The van der Waals surface area contributed by atoms with Gasteiger partial charge in [0.05, 0.1) is 17.2 Å². The molecule has 1 rings (SSSR count). The Hall–Kier alpha value is -1.20. The molecule has 1 aromatic carbocycles. The highest BCUT2D eigenvalue weighted by atomic mass is 35.5. The summed E-state index contributed by atoms with van der Waals surface area (Å²) in [5.41, 5.74) is 0.487. The van der Waals surface area contributed by atoms with Gasteiger partial charge in [0.1, 0.15) is 6.07 Å². The van der Waals surface area contributed by atoms with Gasteiger partial charge in [-0.1, -0.05) is 24.6 Å². The lowest BCUT2D eigenvalue weighted by atomic mass is 10.2. The number of nitrogens with zero attached hydrogens (tertiary/aromatic N) is 1. The zero-order valence-corrected chi connectivity index (χ0v) is 8.14. The SMILES string of the molecule is CCCOc1c(Cl)cccc1C#N. The second-order valence-corrected chi connectivity index (χ2v) is 2.98. The van der Waals surface area contributed by atoms with Crippen LogP contribution in [-0.4, -0.2) is 6.61 Å². The number of rotatable bonds is 3. The molecule has 0 spiro atoms. The maximum Gasteiger partial charge on any atom is 0.155 e. The molecule has 68 valence electrons. The Bertz CT molecular complexity index is 330. The van der Waals surface area contributed by atoms with Crippen molar-refractivity contribution in [1.82, 2.24) is 0 Å². The minimum absolute atomic E-state index is 0.487. The van der Waals surface area contributed by atoms with Crippen LogP contribution in [0, 0.1) is 11.3 Å². The molecule has 0 aliphatic heterocycles. The molecular weight excluding hydrogens is 186 g/mol. The van der Waals surface area contributed by atoms with E-state index in [0.29, 0.717) is 22.9 Å². The van der Waals surface area contributed by atoms with Crippen LogP contribution < -0.4 is 4.74 Å². The smallest absolute Gasteiger partial charge is 0.155 e. The highest BCUT2D eigenvalue weighted by Gasteiger charge is 2.06. The lowest BCUT2D eigenvalue weighted by molar-refractivity contribution is 0.317. The molecule has 13 heavy (non-hydrogen) atoms. The van der Waals surface area contributed by atoms with Crippen molar-refractivity contribution in [2.24, 2.45) is 0 Å². The molecule has 2 nitrogen and oxygen atoms in total. The van der Waals surface area contributed by atoms with Crippen LogP contribution in [0.1, 0.15) is 18.9 Å². The van der Waals surface area contributed by atoms with Crippen LogP contribution in [-0.2, 0) is 0 Å². The number of halogens is 1. The Morgan fingerprint density at radius 3 is 2.92 bits per heavy atom. The molecule has 0 saturated heterocycles. The average molecular weight is 196 g/mol. The number of benzene rings is 1. The number of nitriles is 1. The molecule has 3 heteroatoms. The Morgan fingerprint density at radius 1 is 1.54 bits per heavy atom. The van der Waals surface area contributed by atoms with Crippen molar-refractivity contribution in [1.29, 1.82) is 5.26 Å². The first-order valence-electron chi connectivity index (χ1n) is 4.11. The molecule has 0 atom stereocenters. The third kappa shape index (κ3) is 2.37. The first-order chi connectivity index (χ1) is 6.29. The van der Waals surface area contributed by atoms with Gasteiger partial charge in [0.2, 0.25) is 0 Å². The van der Waals surface area contributed by atoms with Gasteiger partial charge in [-0.2, -0.15) is 5.26 Å². The zero-order chi connectivity index (χ0) is 9.68. The predicted molar refractivity (Wildman–Crippen MR) is 52.0 cm³/mol. The third-order valence-corrected chi connectivity index (χ3v) is 1.84. The number of hydrogen-bond acceptors (Lipinski definition) is 2. The normalized spacial score (nSPS) is 9.31. The van der Waals surface area contributed by atoms with Crippen molar-refractivity contribution in [2.45, 2.75) is 13.3 Å². The van der Waals surface area contributed by atoms with E-state index < -0.39 is 0 Å². The summed E-state index contributed by atoms with van der Waals surface area (Å²) in [6.07, 6.45) is 0.899. The summed E-state index contributed by atoms with van der Waals surface area (Å²) in [4.78, 5) is 0. The average Bonchev–Trinajstić information content (AvgIpc) is 2.15. The summed E-state index contributed by atoms with van der Waals surface area (Å²) in [7, 11) is 0. The van der Waals surface area contributed by atoms with Crippen molar-refractivity contribution in [3.05, 3.63) is 28.8 Å². The van der Waals surface area contributed by atoms with Crippen LogP contribution in [0.5, 0.6) is 5.75 Å². The van der Waals surface area contributed by atoms with E-state index in [-0.39, 0.29) is 0 Å².